The second kappa shape index (κ2) is 8.08. The van der Waals surface area contributed by atoms with E-state index in [1.807, 2.05) is 31.2 Å². The van der Waals surface area contributed by atoms with Crippen LogP contribution in [0.1, 0.15) is 5.69 Å². The first-order chi connectivity index (χ1) is 14.5. The van der Waals surface area contributed by atoms with Crippen molar-refractivity contribution in [1.29, 1.82) is 0 Å². The molecule has 2 aromatic heterocycles. The number of H-pyrrole nitrogens is 1. The van der Waals surface area contributed by atoms with Crippen LogP contribution in [0.4, 0.5) is 0 Å². The average molecular weight is 427 g/mol. The maximum atomic E-state index is 6.32. The Balaban J connectivity index is 1.72. The Morgan fingerprint density at radius 1 is 0.967 bits per heavy atom. The summed E-state index contributed by atoms with van der Waals surface area (Å²) in [5.74, 6) is 2.53. The van der Waals surface area contributed by atoms with Crippen molar-refractivity contribution < 1.29 is 18.7 Å². The lowest BCUT2D eigenvalue weighted by Gasteiger charge is -2.12. The van der Waals surface area contributed by atoms with Crippen molar-refractivity contribution in [3.63, 3.8) is 0 Å². The second-order valence-corrected chi connectivity index (χ2v) is 6.77. The smallest absolute Gasteiger partial charge is 0.294 e. The number of rotatable bonds is 6. The number of methoxy groups -OCH3 is 3. The van der Waals surface area contributed by atoms with Gasteiger partial charge in [-0.3, -0.25) is 0 Å². The topological polar surface area (TPSA) is 95.3 Å². The molecule has 0 saturated carbocycles. The van der Waals surface area contributed by atoms with E-state index in [1.165, 1.54) is 0 Å². The van der Waals surface area contributed by atoms with Gasteiger partial charge in [0, 0.05) is 16.1 Å². The van der Waals surface area contributed by atoms with Crippen molar-refractivity contribution in [1.82, 2.24) is 20.1 Å². The maximum absolute atomic E-state index is 6.32. The fourth-order valence-electron chi connectivity index (χ4n) is 3.13. The normalized spacial score (nSPS) is 10.8. The molecule has 9 heteroatoms. The van der Waals surface area contributed by atoms with Crippen LogP contribution in [0.3, 0.4) is 0 Å². The summed E-state index contributed by atoms with van der Waals surface area (Å²) in [4.78, 5) is 12.2. The number of imidazole rings is 1. The number of nitrogens with zero attached hydrogens (tertiary/aromatic N) is 3. The van der Waals surface area contributed by atoms with E-state index in [2.05, 4.69) is 20.1 Å². The number of nitrogens with one attached hydrogen (secondary N) is 1. The molecular weight excluding hydrogens is 408 g/mol. The monoisotopic (exact) mass is 426 g/mol. The first kappa shape index (κ1) is 19.8. The lowest BCUT2D eigenvalue weighted by Crippen LogP contribution is -1.96. The van der Waals surface area contributed by atoms with Crippen molar-refractivity contribution in [3.8, 4) is 51.6 Å². The molecule has 30 heavy (non-hydrogen) atoms. The molecule has 0 aliphatic carbocycles. The summed E-state index contributed by atoms with van der Waals surface area (Å²) in [6, 6.07) is 11.0. The first-order valence-corrected chi connectivity index (χ1v) is 9.39. The highest BCUT2D eigenvalue weighted by atomic mass is 35.5. The molecule has 0 fully saturated rings. The molecule has 4 aromatic rings. The molecule has 0 bridgehead atoms. The van der Waals surface area contributed by atoms with Crippen molar-refractivity contribution in [2.75, 3.05) is 21.3 Å². The minimum atomic E-state index is 0.250. The van der Waals surface area contributed by atoms with Crippen LogP contribution < -0.4 is 14.2 Å². The van der Waals surface area contributed by atoms with Crippen LogP contribution >= 0.6 is 11.6 Å². The van der Waals surface area contributed by atoms with E-state index < -0.39 is 0 Å². The Morgan fingerprint density at radius 3 is 2.30 bits per heavy atom. The van der Waals surface area contributed by atoms with Gasteiger partial charge in [0.15, 0.2) is 17.3 Å². The molecule has 0 radical (unpaired) electrons. The fraction of sp³-hybridized carbons (Fsp3) is 0.190. The molecule has 0 saturated heterocycles. The molecule has 8 nitrogen and oxygen atoms in total. The summed E-state index contributed by atoms with van der Waals surface area (Å²) in [7, 11) is 4.64. The van der Waals surface area contributed by atoms with Gasteiger partial charge in [-0.15, -0.1) is 0 Å². The Morgan fingerprint density at radius 2 is 1.67 bits per heavy atom. The third-order valence-corrected chi connectivity index (χ3v) is 4.91. The van der Waals surface area contributed by atoms with Crippen molar-refractivity contribution >= 4 is 11.6 Å². The van der Waals surface area contributed by atoms with Crippen LogP contribution in [0.5, 0.6) is 17.2 Å². The zero-order valence-corrected chi connectivity index (χ0v) is 17.6. The van der Waals surface area contributed by atoms with Crippen molar-refractivity contribution in [3.05, 3.63) is 47.1 Å². The molecule has 2 heterocycles. The highest BCUT2D eigenvalue weighted by molar-refractivity contribution is 6.33. The second-order valence-electron chi connectivity index (χ2n) is 6.36. The van der Waals surface area contributed by atoms with E-state index in [0.29, 0.717) is 39.5 Å². The molecule has 0 spiro atoms. The van der Waals surface area contributed by atoms with Gasteiger partial charge in [0.05, 0.1) is 32.7 Å². The molecule has 0 atom stereocenters. The molecule has 2 aromatic carbocycles. The predicted octanol–water partition coefficient (Wildman–Crippen LogP) is 4.78. The Kier molecular flexibility index (Phi) is 5.33. The fourth-order valence-corrected chi connectivity index (χ4v) is 3.37. The van der Waals surface area contributed by atoms with Gasteiger partial charge < -0.3 is 23.7 Å². The first-order valence-electron chi connectivity index (χ1n) is 9.01. The van der Waals surface area contributed by atoms with Crippen molar-refractivity contribution in [2.45, 2.75) is 6.92 Å². The molecule has 0 unspecified atom stereocenters. The molecule has 1 N–H and O–H groups in total. The summed E-state index contributed by atoms with van der Waals surface area (Å²) >= 11 is 6.32. The summed E-state index contributed by atoms with van der Waals surface area (Å²) in [6.45, 7) is 1.88. The van der Waals surface area contributed by atoms with E-state index in [4.69, 9.17) is 30.3 Å². The van der Waals surface area contributed by atoms with Gasteiger partial charge in [-0.2, -0.15) is 4.98 Å². The molecule has 0 aliphatic rings. The third kappa shape index (κ3) is 3.46. The minimum absolute atomic E-state index is 0.250. The van der Waals surface area contributed by atoms with Gasteiger partial charge in [0.2, 0.25) is 11.6 Å². The van der Waals surface area contributed by atoms with Crippen LogP contribution in [0, 0.1) is 6.92 Å². The molecule has 0 amide bonds. The van der Waals surface area contributed by atoms with Crippen LogP contribution in [0.15, 0.2) is 40.9 Å². The number of aryl methyl sites for hydroxylation is 1. The van der Waals surface area contributed by atoms with Crippen LogP contribution in [-0.4, -0.2) is 41.4 Å². The number of hydrogen-bond donors (Lipinski definition) is 1. The quantitative estimate of drug-likeness (QED) is 0.474. The number of aromatic amines is 1. The summed E-state index contributed by atoms with van der Waals surface area (Å²) in [6.07, 6.45) is 0. The third-order valence-electron chi connectivity index (χ3n) is 4.58. The number of ether oxygens (including phenoxy) is 3. The SMILES string of the molecule is COc1cc(-c2noc(-c3nc(C)c(-c4ccccc4Cl)[nH]3)n2)cc(OC)c1OC. The Hall–Kier alpha value is -3.52. The van der Waals surface area contributed by atoms with E-state index in [-0.39, 0.29) is 5.89 Å². The van der Waals surface area contributed by atoms with Crippen LogP contribution in [0.25, 0.3) is 34.4 Å². The summed E-state index contributed by atoms with van der Waals surface area (Å²) < 4.78 is 21.6. The predicted molar refractivity (Wildman–Crippen MR) is 112 cm³/mol. The van der Waals surface area contributed by atoms with Gasteiger partial charge in [0.1, 0.15) is 0 Å². The number of aromatic nitrogens is 4. The lowest BCUT2D eigenvalue weighted by atomic mass is 10.1. The van der Waals surface area contributed by atoms with Gasteiger partial charge in [-0.25, -0.2) is 4.98 Å². The largest absolute Gasteiger partial charge is 0.493 e. The standard InChI is InChI=1S/C21H19ClN4O4/c1-11-17(13-7-5-6-8-14(13)22)24-20(23-11)21-25-19(26-30-21)12-9-15(27-2)18(29-4)16(10-12)28-3/h5-10H,1-4H3,(H,23,24). The molecular formula is C21H19ClN4O4. The van der Waals surface area contributed by atoms with Gasteiger partial charge in [-0.05, 0) is 25.1 Å². The highest BCUT2D eigenvalue weighted by Crippen LogP contribution is 2.41. The molecule has 154 valence electrons. The zero-order chi connectivity index (χ0) is 21.3. The van der Waals surface area contributed by atoms with E-state index in [1.54, 1.807) is 33.5 Å². The number of benzene rings is 2. The molecule has 4 rings (SSSR count). The minimum Gasteiger partial charge on any atom is -0.493 e. The molecule has 0 aliphatic heterocycles. The van der Waals surface area contributed by atoms with E-state index in [0.717, 1.165) is 17.0 Å². The van der Waals surface area contributed by atoms with E-state index in [9.17, 15) is 0 Å². The summed E-state index contributed by atoms with van der Waals surface area (Å²) in [5, 5.41) is 4.70. The number of halogens is 1. The zero-order valence-electron chi connectivity index (χ0n) is 16.8. The lowest BCUT2D eigenvalue weighted by molar-refractivity contribution is 0.324. The van der Waals surface area contributed by atoms with Gasteiger partial charge in [-0.1, -0.05) is 35.0 Å². The Bertz CT molecular complexity index is 1180. The maximum Gasteiger partial charge on any atom is 0.294 e. The van der Waals surface area contributed by atoms with Crippen LogP contribution in [0.2, 0.25) is 5.02 Å². The number of hydrogen-bond acceptors (Lipinski definition) is 7. The van der Waals surface area contributed by atoms with Gasteiger partial charge in [0.25, 0.3) is 5.89 Å². The average Bonchev–Trinajstić information content (AvgIpc) is 3.40. The Labute approximate surface area is 177 Å². The van der Waals surface area contributed by atoms with Crippen LogP contribution in [-0.2, 0) is 0 Å². The van der Waals surface area contributed by atoms with E-state index >= 15 is 0 Å². The highest BCUT2D eigenvalue weighted by Gasteiger charge is 2.20. The van der Waals surface area contributed by atoms with Gasteiger partial charge >= 0.3 is 0 Å². The summed E-state index contributed by atoms with van der Waals surface area (Å²) in [5.41, 5.74) is 3.06. The van der Waals surface area contributed by atoms with Crippen molar-refractivity contribution in [2.24, 2.45) is 0 Å².